The van der Waals surface area contributed by atoms with Crippen LogP contribution in [0, 0.1) is 11.8 Å². The third-order valence-corrected chi connectivity index (χ3v) is 3.91. The minimum atomic E-state index is 0.212. The van der Waals surface area contributed by atoms with Crippen LogP contribution in [0.15, 0.2) is 0 Å². The third-order valence-electron chi connectivity index (χ3n) is 3.91. The summed E-state index contributed by atoms with van der Waals surface area (Å²) in [5, 5.41) is 3.59. The monoisotopic (exact) mass is 197 g/mol. The summed E-state index contributed by atoms with van der Waals surface area (Å²) in [6.07, 6.45) is 5.25. The van der Waals surface area contributed by atoms with E-state index >= 15 is 0 Å². The molecule has 1 aliphatic heterocycles. The van der Waals surface area contributed by atoms with Crippen LogP contribution < -0.4 is 5.32 Å². The molecule has 1 aliphatic carbocycles. The largest absolute Gasteiger partial charge is 0.373 e. The zero-order valence-corrected chi connectivity index (χ0v) is 9.51. The summed E-state index contributed by atoms with van der Waals surface area (Å²) in [5.74, 6) is 1.44. The number of hydrogen-bond donors (Lipinski definition) is 1. The SMILES string of the molecule is CC(C)C1CNCC2(CCCC2)OC1. The molecular weight excluding hydrogens is 174 g/mol. The number of rotatable bonds is 1. The van der Waals surface area contributed by atoms with Gasteiger partial charge in [-0.25, -0.2) is 0 Å². The van der Waals surface area contributed by atoms with Crippen LogP contribution >= 0.6 is 0 Å². The van der Waals surface area contributed by atoms with Crippen molar-refractivity contribution in [1.29, 1.82) is 0 Å². The van der Waals surface area contributed by atoms with Gasteiger partial charge < -0.3 is 10.1 Å². The van der Waals surface area contributed by atoms with Crippen LogP contribution in [0.5, 0.6) is 0 Å². The number of hydrogen-bond acceptors (Lipinski definition) is 2. The minimum absolute atomic E-state index is 0.212. The van der Waals surface area contributed by atoms with Crippen molar-refractivity contribution in [3.8, 4) is 0 Å². The Balaban J connectivity index is 1.93. The van der Waals surface area contributed by atoms with Gasteiger partial charge in [-0.3, -0.25) is 0 Å². The highest BCUT2D eigenvalue weighted by Gasteiger charge is 2.37. The van der Waals surface area contributed by atoms with Gasteiger partial charge in [0.15, 0.2) is 0 Å². The van der Waals surface area contributed by atoms with Crippen molar-refractivity contribution in [2.75, 3.05) is 19.7 Å². The maximum absolute atomic E-state index is 6.16. The molecule has 1 saturated heterocycles. The molecule has 2 nitrogen and oxygen atoms in total. The predicted molar refractivity (Wildman–Crippen MR) is 58.3 cm³/mol. The van der Waals surface area contributed by atoms with Crippen LogP contribution in [0.3, 0.4) is 0 Å². The van der Waals surface area contributed by atoms with E-state index in [0.717, 1.165) is 25.6 Å². The molecule has 82 valence electrons. The van der Waals surface area contributed by atoms with Crippen molar-refractivity contribution in [3.63, 3.8) is 0 Å². The molecule has 0 aromatic rings. The van der Waals surface area contributed by atoms with Crippen LogP contribution in [-0.2, 0) is 4.74 Å². The van der Waals surface area contributed by atoms with E-state index in [9.17, 15) is 0 Å². The molecule has 1 saturated carbocycles. The van der Waals surface area contributed by atoms with Gasteiger partial charge in [0, 0.05) is 13.1 Å². The zero-order chi connectivity index (χ0) is 10.0. The van der Waals surface area contributed by atoms with Crippen LogP contribution in [0.25, 0.3) is 0 Å². The average molecular weight is 197 g/mol. The highest BCUT2D eigenvalue weighted by atomic mass is 16.5. The van der Waals surface area contributed by atoms with E-state index in [2.05, 4.69) is 19.2 Å². The normalized spacial score (nSPS) is 32.4. The third kappa shape index (κ3) is 2.12. The van der Waals surface area contributed by atoms with Crippen molar-refractivity contribution in [2.45, 2.75) is 45.1 Å². The Morgan fingerprint density at radius 2 is 2.00 bits per heavy atom. The predicted octanol–water partition coefficient (Wildman–Crippen LogP) is 2.19. The Labute approximate surface area is 87.4 Å². The molecule has 0 radical (unpaired) electrons. The summed E-state index contributed by atoms with van der Waals surface area (Å²) in [7, 11) is 0. The van der Waals surface area contributed by atoms with Crippen LogP contribution in [0.4, 0.5) is 0 Å². The van der Waals surface area contributed by atoms with E-state index in [4.69, 9.17) is 4.74 Å². The summed E-state index contributed by atoms with van der Waals surface area (Å²) in [5.41, 5.74) is 0.212. The fraction of sp³-hybridized carbons (Fsp3) is 1.00. The fourth-order valence-corrected chi connectivity index (χ4v) is 2.65. The first kappa shape index (κ1) is 10.4. The zero-order valence-electron chi connectivity index (χ0n) is 9.51. The maximum Gasteiger partial charge on any atom is 0.0806 e. The average Bonchev–Trinajstić information content (AvgIpc) is 2.47. The lowest BCUT2D eigenvalue weighted by molar-refractivity contribution is -0.0434. The lowest BCUT2D eigenvalue weighted by Crippen LogP contribution is -2.38. The molecule has 0 aromatic heterocycles. The van der Waals surface area contributed by atoms with E-state index in [-0.39, 0.29) is 5.60 Å². The summed E-state index contributed by atoms with van der Waals surface area (Å²) >= 11 is 0. The Hall–Kier alpha value is -0.0800. The molecule has 2 aliphatic rings. The second-order valence-electron chi connectivity index (χ2n) is 5.34. The standard InChI is InChI=1S/C12H23NO/c1-10(2)11-7-13-9-12(14-8-11)5-3-4-6-12/h10-11,13H,3-9H2,1-2H3. The van der Waals surface area contributed by atoms with Crippen molar-refractivity contribution < 1.29 is 4.74 Å². The molecular formula is C12H23NO. The molecule has 1 heterocycles. The lowest BCUT2D eigenvalue weighted by atomic mass is 9.97. The molecule has 0 aromatic carbocycles. The van der Waals surface area contributed by atoms with Crippen LogP contribution in [0.1, 0.15) is 39.5 Å². The fourth-order valence-electron chi connectivity index (χ4n) is 2.65. The van der Waals surface area contributed by atoms with Gasteiger partial charge in [-0.15, -0.1) is 0 Å². The molecule has 0 amide bonds. The van der Waals surface area contributed by atoms with Gasteiger partial charge in [-0.1, -0.05) is 26.7 Å². The summed E-state index contributed by atoms with van der Waals surface area (Å²) in [6.45, 7) is 7.77. The van der Waals surface area contributed by atoms with E-state index in [1.54, 1.807) is 0 Å². The molecule has 2 fully saturated rings. The van der Waals surface area contributed by atoms with Gasteiger partial charge in [0.1, 0.15) is 0 Å². The molecule has 1 unspecified atom stereocenters. The Morgan fingerprint density at radius 1 is 1.29 bits per heavy atom. The highest BCUT2D eigenvalue weighted by molar-refractivity contribution is 4.91. The van der Waals surface area contributed by atoms with Gasteiger partial charge in [-0.2, -0.15) is 0 Å². The van der Waals surface area contributed by atoms with Crippen molar-refractivity contribution in [2.24, 2.45) is 11.8 Å². The Kier molecular flexibility index (Phi) is 3.13. The van der Waals surface area contributed by atoms with Crippen molar-refractivity contribution >= 4 is 0 Å². The molecule has 0 bridgehead atoms. The van der Waals surface area contributed by atoms with Gasteiger partial charge in [-0.05, 0) is 24.7 Å². The highest BCUT2D eigenvalue weighted by Crippen LogP contribution is 2.34. The smallest absolute Gasteiger partial charge is 0.0806 e. The maximum atomic E-state index is 6.16. The lowest BCUT2D eigenvalue weighted by Gasteiger charge is -2.27. The minimum Gasteiger partial charge on any atom is -0.373 e. The number of nitrogens with one attached hydrogen (secondary N) is 1. The van der Waals surface area contributed by atoms with E-state index in [1.165, 1.54) is 25.7 Å². The summed E-state index contributed by atoms with van der Waals surface area (Å²) in [4.78, 5) is 0. The van der Waals surface area contributed by atoms with Crippen LogP contribution in [0.2, 0.25) is 0 Å². The van der Waals surface area contributed by atoms with Crippen LogP contribution in [-0.4, -0.2) is 25.3 Å². The van der Waals surface area contributed by atoms with E-state index < -0.39 is 0 Å². The summed E-state index contributed by atoms with van der Waals surface area (Å²) in [6, 6.07) is 0. The second-order valence-corrected chi connectivity index (χ2v) is 5.34. The quantitative estimate of drug-likeness (QED) is 0.696. The Morgan fingerprint density at radius 3 is 2.64 bits per heavy atom. The molecule has 1 atom stereocenters. The van der Waals surface area contributed by atoms with E-state index in [0.29, 0.717) is 5.92 Å². The first-order chi connectivity index (χ1) is 6.72. The number of ether oxygens (including phenoxy) is 1. The molecule has 14 heavy (non-hydrogen) atoms. The van der Waals surface area contributed by atoms with Gasteiger partial charge in [0.2, 0.25) is 0 Å². The second kappa shape index (κ2) is 4.19. The first-order valence-electron chi connectivity index (χ1n) is 6.07. The van der Waals surface area contributed by atoms with Gasteiger partial charge in [0.25, 0.3) is 0 Å². The first-order valence-corrected chi connectivity index (χ1v) is 6.07. The molecule has 2 heteroatoms. The summed E-state index contributed by atoms with van der Waals surface area (Å²) < 4.78 is 6.16. The Bertz CT molecular complexity index is 185. The van der Waals surface area contributed by atoms with E-state index in [1.807, 2.05) is 0 Å². The molecule has 1 spiro atoms. The van der Waals surface area contributed by atoms with Crippen molar-refractivity contribution in [1.82, 2.24) is 5.32 Å². The van der Waals surface area contributed by atoms with Gasteiger partial charge in [0.05, 0.1) is 12.2 Å². The molecule has 2 rings (SSSR count). The molecule has 1 N–H and O–H groups in total. The topological polar surface area (TPSA) is 21.3 Å². The van der Waals surface area contributed by atoms with Crippen molar-refractivity contribution in [3.05, 3.63) is 0 Å². The van der Waals surface area contributed by atoms with Gasteiger partial charge >= 0.3 is 0 Å².